The average molecular weight is 732 g/mol. The van der Waals surface area contributed by atoms with Crippen LogP contribution in [0.2, 0.25) is 0 Å². The molecule has 0 bridgehead atoms. The van der Waals surface area contributed by atoms with E-state index >= 15 is 0 Å². The van der Waals surface area contributed by atoms with Crippen molar-refractivity contribution in [1.82, 2.24) is 10.2 Å². The predicted molar refractivity (Wildman–Crippen MR) is 158 cm³/mol. The Morgan fingerprint density at radius 1 is 1.18 bits per heavy atom. The van der Waals surface area contributed by atoms with Gasteiger partial charge in [0, 0.05) is 29.5 Å². The molecule has 15 heteroatoms. The van der Waals surface area contributed by atoms with Gasteiger partial charge in [-0.25, -0.2) is 0 Å². The van der Waals surface area contributed by atoms with Crippen LogP contribution in [0.15, 0.2) is 52.5 Å². The Balaban J connectivity index is 1.78. The van der Waals surface area contributed by atoms with Crippen molar-refractivity contribution < 1.29 is 56.4 Å². The monoisotopic (exact) mass is 732 g/mol. The molecule has 1 aliphatic rings. The van der Waals surface area contributed by atoms with Crippen molar-refractivity contribution in [3.05, 3.63) is 62.9 Å². The number of nitrogens with zero attached hydrogens (tertiary/aromatic N) is 1. The summed E-state index contributed by atoms with van der Waals surface area (Å²) in [5, 5.41) is 23.4. The first-order chi connectivity index (χ1) is 20.9. The molecule has 3 N–H and O–H groups in total. The third kappa shape index (κ3) is 7.27. The first kappa shape index (κ1) is 33.1. The number of furan rings is 1. The van der Waals surface area contributed by atoms with E-state index in [1.54, 1.807) is 18.2 Å². The summed E-state index contributed by atoms with van der Waals surface area (Å²) in [6, 6.07) is 7.23. The highest BCUT2D eigenvalue weighted by Crippen LogP contribution is 2.38. The summed E-state index contributed by atoms with van der Waals surface area (Å²) >= 11 is 1.86. The van der Waals surface area contributed by atoms with Gasteiger partial charge in [0.1, 0.15) is 25.0 Å². The van der Waals surface area contributed by atoms with Crippen molar-refractivity contribution in [3.8, 4) is 17.2 Å². The van der Waals surface area contributed by atoms with E-state index in [0.29, 0.717) is 20.1 Å². The summed E-state index contributed by atoms with van der Waals surface area (Å²) in [4.78, 5) is 38.4. The number of aliphatic hydroxyl groups excluding tert-OH is 2. The van der Waals surface area contributed by atoms with Crippen molar-refractivity contribution in [2.75, 3.05) is 33.9 Å². The Kier molecular flexibility index (Phi) is 10.4. The van der Waals surface area contributed by atoms with Gasteiger partial charge in [-0.05, 0) is 52.9 Å². The molecular formula is C29H28F3IN2O9. The first-order valence-electron chi connectivity index (χ1n) is 13.1. The standard InChI is InChI=1S/C29H28F3IN2O9/c1-41-20-5-3-4-16-11-23(44-25(16)20)28(40)35(14-29(30,31)32)19-10-17(27(39)34-6-7-36)12-21(24(19)38)43-26-18(33)8-15(13-37)9-22(26)42-2/h3-5,8-9,11-13,19,21,24,36,38H,6-7,10,14H2,1-2H3,(H,34,39)/t19-,21+,24+/m1/s1. The molecule has 0 saturated heterocycles. The number of ether oxygens (including phenoxy) is 3. The number of aldehydes is 1. The second-order valence-electron chi connectivity index (χ2n) is 9.71. The minimum atomic E-state index is -4.90. The van der Waals surface area contributed by atoms with E-state index in [2.05, 4.69) is 5.32 Å². The lowest BCUT2D eigenvalue weighted by molar-refractivity contribution is -0.151. The fourth-order valence-electron chi connectivity index (χ4n) is 4.81. The molecule has 0 radical (unpaired) electrons. The predicted octanol–water partition coefficient (Wildman–Crippen LogP) is 3.49. The SMILES string of the molecule is COc1cc(C=O)cc(I)c1O[C@H]1C=C(C(=O)NCCO)C[C@@H](N(CC(F)(F)F)C(=O)c2cc3cccc(OC)c3o2)[C@@H]1O. The van der Waals surface area contributed by atoms with Gasteiger partial charge in [0.25, 0.3) is 5.91 Å². The lowest BCUT2D eigenvalue weighted by Gasteiger charge is -2.40. The van der Waals surface area contributed by atoms with E-state index in [1.165, 1.54) is 38.5 Å². The van der Waals surface area contributed by atoms with Crippen LogP contribution in [0, 0.1) is 3.57 Å². The summed E-state index contributed by atoms with van der Waals surface area (Å²) in [7, 11) is 2.67. The molecule has 44 heavy (non-hydrogen) atoms. The molecule has 0 unspecified atom stereocenters. The molecule has 236 valence electrons. The number of aliphatic hydroxyl groups is 2. The summed E-state index contributed by atoms with van der Waals surface area (Å²) < 4.78 is 64.4. The molecule has 4 rings (SSSR count). The van der Waals surface area contributed by atoms with Crippen LogP contribution in [0.4, 0.5) is 13.2 Å². The van der Waals surface area contributed by atoms with Gasteiger partial charge in [0.2, 0.25) is 5.91 Å². The number of nitrogens with one attached hydrogen (secondary N) is 1. The van der Waals surface area contributed by atoms with Gasteiger partial charge in [0.05, 0.1) is 30.4 Å². The fourth-order valence-corrected chi connectivity index (χ4v) is 5.57. The minimum Gasteiger partial charge on any atom is -0.493 e. The average Bonchev–Trinajstić information content (AvgIpc) is 3.44. The zero-order valence-electron chi connectivity index (χ0n) is 23.4. The summed E-state index contributed by atoms with van der Waals surface area (Å²) in [6.45, 7) is -2.34. The van der Waals surface area contributed by atoms with Crippen molar-refractivity contribution in [2.45, 2.75) is 30.8 Å². The maximum absolute atomic E-state index is 14.0. The Bertz CT molecular complexity index is 1570. The zero-order valence-corrected chi connectivity index (χ0v) is 25.5. The van der Waals surface area contributed by atoms with E-state index < -0.39 is 61.6 Å². The second kappa shape index (κ2) is 13.9. The van der Waals surface area contributed by atoms with Gasteiger partial charge < -0.3 is 39.1 Å². The third-order valence-electron chi connectivity index (χ3n) is 6.81. The Morgan fingerprint density at radius 2 is 1.91 bits per heavy atom. The van der Waals surface area contributed by atoms with Crippen LogP contribution in [0.1, 0.15) is 27.3 Å². The van der Waals surface area contributed by atoms with Crippen LogP contribution in [-0.4, -0.2) is 91.6 Å². The minimum absolute atomic E-state index is 0.0489. The second-order valence-corrected chi connectivity index (χ2v) is 10.9. The molecule has 2 amide bonds. The quantitative estimate of drug-likeness (QED) is 0.199. The largest absolute Gasteiger partial charge is 0.493 e. The van der Waals surface area contributed by atoms with Crippen molar-refractivity contribution in [1.29, 1.82) is 0 Å². The number of hydrogen-bond donors (Lipinski definition) is 3. The van der Waals surface area contributed by atoms with Gasteiger partial charge in [0.15, 0.2) is 28.6 Å². The first-order valence-corrected chi connectivity index (χ1v) is 14.2. The normalized spacial score (nSPS) is 18.4. The van der Waals surface area contributed by atoms with Gasteiger partial charge in [-0.3, -0.25) is 14.4 Å². The van der Waals surface area contributed by atoms with E-state index in [0.717, 1.165) is 0 Å². The van der Waals surface area contributed by atoms with Crippen LogP contribution >= 0.6 is 22.6 Å². The molecule has 0 aliphatic heterocycles. The van der Waals surface area contributed by atoms with Crippen molar-refractivity contribution in [3.63, 3.8) is 0 Å². The highest BCUT2D eigenvalue weighted by molar-refractivity contribution is 14.1. The van der Waals surface area contributed by atoms with Gasteiger partial charge >= 0.3 is 6.18 Å². The van der Waals surface area contributed by atoms with Crippen LogP contribution in [0.5, 0.6) is 17.2 Å². The number of halogens is 4. The molecular weight excluding hydrogens is 704 g/mol. The zero-order chi connectivity index (χ0) is 32.2. The number of rotatable bonds is 11. The molecule has 0 saturated carbocycles. The third-order valence-corrected chi connectivity index (χ3v) is 7.61. The van der Waals surface area contributed by atoms with Gasteiger partial charge in [-0.1, -0.05) is 12.1 Å². The van der Waals surface area contributed by atoms with Gasteiger partial charge in [-0.2, -0.15) is 13.2 Å². The van der Waals surface area contributed by atoms with Crippen molar-refractivity contribution in [2.24, 2.45) is 0 Å². The lowest BCUT2D eigenvalue weighted by Crippen LogP contribution is -2.57. The summed E-state index contributed by atoms with van der Waals surface area (Å²) in [6.07, 6.45) is -6.80. The van der Waals surface area contributed by atoms with E-state index in [9.17, 15) is 32.7 Å². The van der Waals surface area contributed by atoms with E-state index in [-0.39, 0.29) is 40.5 Å². The smallest absolute Gasteiger partial charge is 0.406 e. The maximum atomic E-state index is 14.0. The van der Waals surface area contributed by atoms with Gasteiger partial charge in [-0.15, -0.1) is 0 Å². The number of amides is 2. The van der Waals surface area contributed by atoms with Crippen molar-refractivity contribution >= 4 is 51.7 Å². The molecule has 3 aromatic rings. The van der Waals surface area contributed by atoms with E-state index in [1.807, 2.05) is 22.6 Å². The van der Waals surface area contributed by atoms with Crippen LogP contribution in [0.25, 0.3) is 11.0 Å². The summed E-state index contributed by atoms with van der Waals surface area (Å²) in [5.74, 6) is -1.98. The number of carbonyl (C=O) groups is 3. The van der Waals surface area contributed by atoms with Crippen LogP contribution < -0.4 is 19.5 Å². The van der Waals surface area contributed by atoms with Crippen LogP contribution in [-0.2, 0) is 4.79 Å². The number of carbonyl (C=O) groups excluding carboxylic acids is 3. The maximum Gasteiger partial charge on any atom is 0.406 e. The highest BCUT2D eigenvalue weighted by Gasteiger charge is 2.45. The van der Waals surface area contributed by atoms with E-state index in [4.69, 9.17) is 23.7 Å². The number of alkyl halides is 3. The molecule has 3 atom stereocenters. The molecule has 0 fully saturated rings. The molecule has 1 aliphatic carbocycles. The highest BCUT2D eigenvalue weighted by atomic mass is 127. The van der Waals surface area contributed by atoms with Crippen LogP contribution in [0.3, 0.4) is 0 Å². The number of benzene rings is 2. The number of methoxy groups -OCH3 is 2. The lowest BCUT2D eigenvalue weighted by atomic mass is 9.88. The Hall–Kier alpha value is -3.83. The molecule has 1 aromatic heterocycles. The molecule has 1 heterocycles. The molecule has 11 nitrogen and oxygen atoms in total. The summed E-state index contributed by atoms with van der Waals surface area (Å²) in [5.41, 5.74) is 0.299. The Labute approximate surface area is 262 Å². The number of fused-ring (bicyclic) bond motifs is 1. The fraction of sp³-hybridized carbons (Fsp3) is 0.345. The topological polar surface area (TPSA) is 148 Å². The molecule has 0 spiro atoms. The molecule has 2 aromatic carbocycles. The number of hydrogen-bond acceptors (Lipinski definition) is 9. The number of para-hydroxylation sites is 1. The Morgan fingerprint density at radius 3 is 2.55 bits per heavy atom.